The minimum absolute atomic E-state index is 0.0361. The molecule has 1 saturated heterocycles. The van der Waals surface area contributed by atoms with E-state index >= 15 is 0 Å². The van der Waals surface area contributed by atoms with Gasteiger partial charge >= 0.3 is 0 Å². The number of methoxy groups -OCH3 is 1. The number of hydrogen-bond donors (Lipinski definition) is 1. The summed E-state index contributed by atoms with van der Waals surface area (Å²) >= 11 is 0. The van der Waals surface area contributed by atoms with Crippen molar-refractivity contribution in [3.05, 3.63) is 71.2 Å². The molecule has 0 amide bonds. The van der Waals surface area contributed by atoms with Crippen molar-refractivity contribution in [2.24, 2.45) is 17.8 Å². The largest absolute Gasteiger partial charge is 0.376 e. The second kappa shape index (κ2) is 6.66. The second-order valence-corrected chi connectivity index (χ2v) is 9.45. The van der Waals surface area contributed by atoms with Gasteiger partial charge in [0, 0.05) is 42.3 Å². The molecule has 3 nitrogen and oxygen atoms in total. The number of aromatic amines is 1. The van der Waals surface area contributed by atoms with Crippen molar-refractivity contribution in [3.8, 4) is 0 Å². The third kappa shape index (κ3) is 2.38. The third-order valence-corrected chi connectivity index (χ3v) is 8.37. The maximum absolute atomic E-state index is 14.5. The number of hydrogen-bond acceptors (Lipinski definition) is 2. The maximum atomic E-state index is 14.5. The van der Waals surface area contributed by atoms with E-state index in [0.717, 1.165) is 41.7 Å². The zero-order valence-electron chi connectivity index (χ0n) is 17.7. The first-order valence-electron chi connectivity index (χ1n) is 11.3. The summed E-state index contributed by atoms with van der Waals surface area (Å²) in [6, 6.07) is 16.3. The number of nitrogens with one attached hydrogen (secondary N) is 1. The van der Waals surface area contributed by atoms with Crippen molar-refractivity contribution >= 4 is 10.9 Å². The predicted molar refractivity (Wildman–Crippen MR) is 117 cm³/mol. The quantitative estimate of drug-likeness (QED) is 0.590. The molecule has 5 atom stereocenters. The molecule has 6 rings (SSSR count). The molecule has 1 spiro atoms. The van der Waals surface area contributed by atoms with Crippen molar-refractivity contribution in [2.75, 3.05) is 13.7 Å². The summed E-state index contributed by atoms with van der Waals surface area (Å²) in [5, 5.41) is 1.12. The van der Waals surface area contributed by atoms with Crippen LogP contribution in [0, 0.1) is 23.6 Å². The van der Waals surface area contributed by atoms with Crippen LogP contribution in [0.3, 0.4) is 0 Å². The molecule has 3 aromatic rings. The summed E-state index contributed by atoms with van der Waals surface area (Å²) in [6.45, 7) is 4.29. The summed E-state index contributed by atoms with van der Waals surface area (Å²) in [5.74, 6) is 1.63. The normalized spacial score (nSPS) is 30.7. The summed E-state index contributed by atoms with van der Waals surface area (Å²) in [6.07, 6.45) is 3.44. The number of H-pyrrole nitrogens is 1. The first kappa shape index (κ1) is 18.6. The summed E-state index contributed by atoms with van der Waals surface area (Å²) < 4.78 is 20.6. The Morgan fingerprint density at radius 2 is 2.03 bits per heavy atom. The van der Waals surface area contributed by atoms with Gasteiger partial charge in [0.25, 0.3) is 0 Å². The molecule has 3 aliphatic rings. The summed E-state index contributed by atoms with van der Waals surface area (Å²) in [5.41, 5.74) is 4.83. The molecule has 3 fully saturated rings. The van der Waals surface area contributed by atoms with E-state index in [1.54, 1.807) is 19.2 Å². The number of ether oxygens (including phenoxy) is 1. The lowest BCUT2D eigenvalue weighted by atomic mass is 9.35. The molecule has 2 aromatic carbocycles. The molecule has 4 unspecified atom stereocenters. The van der Waals surface area contributed by atoms with Gasteiger partial charge in [-0.05, 0) is 66.3 Å². The van der Waals surface area contributed by atoms with E-state index in [1.165, 1.54) is 18.4 Å². The van der Waals surface area contributed by atoms with Crippen LogP contribution in [-0.4, -0.2) is 29.1 Å². The molecule has 2 heterocycles. The number of nitrogens with zero attached hydrogens (tertiary/aromatic N) is 1. The SMILES string of the molecule is CCc1cc2c([C@H](OC)C3C4CCC45C3CN5Cc3ccccc3)cc(F)cc2[nH]1. The fraction of sp³-hybridized carbons (Fsp3) is 0.462. The molecular weight excluding hydrogens is 375 g/mol. The average molecular weight is 405 g/mol. The van der Waals surface area contributed by atoms with E-state index < -0.39 is 0 Å². The standard InChI is InChI=1S/C26H29FN2O/c1-3-18-13-19-20(11-17(27)12-23(19)28-18)25(30-2)24-21-9-10-26(21)22(24)15-29(26)14-16-7-5-4-6-8-16/h4-8,11-13,21-22,24-25,28H,3,9-10,14-15H2,1-2H3/t21?,22?,24?,25-,26?/m0/s1. The van der Waals surface area contributed by atoms with Gasteiger partial charge in [-0.3, -0.25) is 4.90 Å². The molecule has 2 aliphatic carbocycles. The fourth-order valence-corrected chi connectivity index (χ4v) is 6.93. The lowest BCUT2D eigenvalue weighted by Gasteiger charge is -2.80. The first-order valence-corrected chi connectivity index (χ1v) is 11.3. The smallest absolute Gasteiger partial charge is 0.125 e. The molecule has 1 N–H and O–H groups in total. The zero-order valence-corrected chi connectivity index (χ0v) is 17.7. The predicted octanol–water partition coefficient (Wildman–Crippen LogP) is 5.47. The molecule has 156 valence electrons. The van der Waals surface area contributed by atoms with E-state index in [2.05, 4.69) is 53.2 Å². The van der Waals surface area contributed by atoms with Crippen molar-refractivity contribution in [1.82, 2.24) is 9.88 Å². The Labute approximate surface area is 177 Å². The molecular formula is C26H29FN2O. The molecule has 1 aromatic heterocycles. The zero-order chi connectivity index (χ0) is 20.5. The number of fused-ring (bicyclic) bond motifs is 1. The van der Waals surface area contributed by atoms with Gasteiger partial charge in [-0.25, -0.2) is 4.39 Å². The van der Waals surface area contributed by atoms with Gasteiger partial charge in [-0.1, -0.05) is 37.3 Å². The van der Waals surface area contributed by atoms with Crippen LogP contribution in [-0.2, 0) is 17.7 Å². The summed E-state index contributed by atoms with van der Waals surface area (Å²) in [7, 11) is 1.80. The monoisotopic (exact) mass is 404 g/mol. The molecule has 1 aliphatic heterocycles. The first-order chi connectivity index (χ1) is 14.7. The maximum Gasteiger partial charge on any atom is 0.125 e. The highest BCUT2D eigenvalue weighted by Gasteiger charge is 2.76. The molecule has 0 radical (unpaired) electrons. The topological polar surface area (TPSA) is 28.3 Å². The number of halogens is 1. The van der Waals surface area contributed by atoms with E-state index in [4.69, 9.17) is 4.74 Å². The Morgan fingerprint density at radius 3 is 2.70 bits per heavy atom. The van der Waals surface area contributed by atoms with Gasteiger partial charge in [0.1, 0.15) is 5.82 Å². The molecule has 4 heteroatoms. The minimum Gasteiger partial charge on any atom is -0.376 e. The Morgan fingerprint density at radius 1 is 1.20 bits per heavy atom. The van der Waals surface area contributed by atoms with Crippen LogP contribution in [0.15, 0.2) is 48.5 Å². The van der Waals surface area contributed by atoms with Gasteiger partial charge in [-0.2, -0.15) is 0 Å². The van der Waals surface area contributed by atoms with Crippen molar-refractivity contribution in [2.45, 2.75) is 44.4 Å². The highest BCUT2D eigenvalue weighted by atomic mass is 19.1. The number of aryl methyl sites for hydroxylation is 1. The van der Waals surface area contributed by atoms with Gasteiger partial charge in [0.15, 0.2) is 0 Å². The lowest BCUT2D eigenvalue weighted by Crippen LogP contribution is -2.86. The second-order valence-electron chi connectivity index (χ2n) is 9.45. The van der Waals surface area contributed by atoms with Crippen LogP contribution in [0.2, 0.25) is 0 Å². The van der Waals surface area contributed by atoms with Gasteiger partial charge in [0.05, 0.1) is 6.10 Å². The Kier molecular flexibility index (Phi) is 4.13. The number of piperidine rings is 1. The van der Waals surface area contributed by atoms with Crippen LogP contribution in [0.1, 0.15) is 42.7 Å². The van der Waals surface area contributed by atoms with Crippen molar-refractivity contribution in [1.29, 1.82) is 0 Å². The lowest BCUT2D eigenvalue weighted by molar-refractivity contribution is -0.323. The van der Waals surface area contributed by atoms with Crippen LogP contribution in [0.25, 0.3) is 10.9 Å². The van der Waals surface area contributed by atoms with Crippen LogP contribution in [0.4, 0.5) is 4.39 Å². The van der Waals surface area contributed by atoms with Crippen LogP contribution >= 0.6 is 0 Å². The molecule has 30 heavy (non-hydrogen) atoms. The number of likely N-dealkylation sites (tertiary alicyclic amines) is 1. The molecule has 2 saturated carbocycles. The number of rotatable bonds is 6. The highest BCUT2D eigenvalue weighted by molar-refractivity contribution is 5.84. The van der Waals surface area contributed by atoms with Gasteiger partial charge < -0.3 is 9.72 Å². The van der Waals surface area contributed by atoms with E-state index in [9.17, 15) is 4.39 Å². The van der Waals surface area contributed by atoms with Crippen LogP contribution in [0.5, 0.6) is 0 Å². The van der Waals surface area contributed by atoms with E-state index in [0.29, 0.717) is 23.3 Å². The minimum atomic E-state index is -0.178. The Balaban J connectivity index is 1.30. The van der Waals surface area contributed by atoms with E-state index in [-0.39, 0.29) is 11.9 Å². The third-order valence-electron chi connectivity index (χ3n) is 8.37. The van der Waals surface area contributed by atoms with Gasteiger partial charge in [0.2, 0.25) is 0 Å². The number of benzene rings is 2. The van der Waals surface area contributed by atoms with Crippen molar-refractivity contribution in [3.63, 3.8) is 0 Å². The summed E-state index contributed by atoms with van der Waals surface area (Å²) in [4.78, 5) is 6.07. The highest BCUT2D eigenvalue weighted by Crippen LogP contribution is 2.73. The fourth-order valence-electron chi connectivity index (χ4n) is 6.93. The van der Waals surface area contributed by atoms with E-state index in [1.807, 2.05) is 0 Å². The molecule has 0 bridgehead atoms. The number of aromatic nitrogens is 1. The Hall–Kier alpha value is -2.17. The van der Waals surface area contributed by atoms with Crippen LogP contribution < -0.4 is 0 Å². The Bertz CT molecular complexity index is 1090. The van der Waals surface area contributed by atoms with Gasteiger partial charge in [-0.15, -0.1) is 0 Å². The average Bonchev–Trinajstić information content (AvgIpc) is 3.13. The van der Waals surface area contributed by atoms with Crippen molar-refractivity contribution < 1.29 is 9.13 Å².